The summed E-state index contributed by atoms with van der Waals surface area (Å²) in [5, 5.41) is 12.9. The van der Waals surface area contributed by atoms with E-state index in [0.29, 0.717) is 41.5 Å². The van der Waals surface area contributed by atoms with Crippen molar-refractivity contribution in [2.75, 3.05) is 25.0 Å². The van der Waals surface area contributed by atoms with Crippen LogP contribution in [-0.2, 0) is 14.8 Å². The second-order valence-corrected chi connectivity index (χ2v) is 11.8. The Hall–Kier alpha value is -1.81. The minimum absolute atomic E-state index is 0.0289. The van der Waals surface area contributed by atoms with E-state index >= 15 is 0 Å². The molecule has 2 fully saturated rings. The number of anilines is 1. The number of aromatic nitrogens is 1. The Morgan fingerprint density at radius 3 is 2.53 bits per heavy atom. The number of hydrogen-bond acceptors (Lipinski definition) is 6. The highest BCUT2D eigenvalue weighted by atomic mass is 32.2. The molecule has 1 aliphatic carbocycles. The average Bonchev–Trinajstić information content (AvgIpc) is 3.44. The van der Waals surface area contributed by atoms with Gasteiger partial charge in [0.05, 0.1) is 15.5 Å². The van der Waals surface area contributed by atoms with Crippen LogP contribution >= 0.6 is 11.3 Å². The SMILES string of the molecule is Cc1ccc(-c2sc(NC(=O)C3CCCC3)nc2C)cc1S(=O)(=O)N1CCC(CO)CC1. The van der Waals surface area contributed by atoms with E-state index in [1.807, 2.05) is 26.0 Å². The zero-order valence-corrected chi connectivity index (χ0v) is 20.3. The maximum absolute atomic E-state index is 13.4. The summed E-state index contributed by atoms with van der Waals surface area (Å²) in [6, 6.07) is 5.47. The van der Waals surface area contributed by atoms with E-state index in [-0.39, 0.29) is 24.3 Å². The van der Waals surface area contributed by atoms with Crippen LogP contribution in [0, 0.1) is 25.7 Å². The van der Waals surface area contributed by atoms with Gasteiger partial charge in [-0.25, -0.2) is 13.4 Å². The van der Waals surface area contributed by atoms with Crippen LogP contribution in [0.3, 0.4) is 0 Å². The van der Waals surface area contributed by atoms with Crippen LogP contribution in [0.2, 0.25) is 0 Å². The van der Waals surface area contributed by atoms with Crippen molar-refractivity contribution in [3.8, 4) is 10.4 Å². The average molecular weight is 478 g/mol. The van der Waals surface area contributed by atoms with Gasteiger partial charge in [0.25, 0.3) is 0 Å². The van der Waals surface area contributed by atoms with Gasteiger partial charge in [-0.1, -0.05) is 36.3 Å². The number of aliphatic hydroxyl groups is 1. The van der Waals surface area contributed by atoms with Gasteiger partial charge in [0, 0.05) is 25.6 Å². The van der Waals surface area contributed by atoms with Gasteiger partial charge in [-0.2, -0.15) is 4.31 Å². The van der Waals surface area contributed by atoms with Crippen LogP contribution in [0.1, 0.15) is 49.8 Å². The number of piperidine rings is 1. The van der Waals surface area contributed by atoms with Gasteiger partial charge in [-0.05, 0) is 62.6 Å². The van der Waals surface area contributed by atoms with Crippen LogP contribution < -0.4 is 5.32 Å². The molecular formula is C23H31N3O4S2. The largest absolute Gasteiger partial charge is 0.396 e. The molecule has 1 aliphatic heterocycles. The summed E-state index contributed by atoms with van der Waals surface area (Å²) in [6.07, 6.45) is 5.39. The van der Waals surface area contributed by atoms with E-state index in [1.165, 1.54) is 15.6 Å². The number of aryl methyl sites for hydroxylation is 2. The molecule has 7 nitrogen and oxygen atoms in total. The Kier molecular flexibility index (Phi) is 7.00. The number of aliphatic hydroxyl groups excluding tert-OH is 1. The summed E-state index contributed by atoms with van der Waals surface area (Å²) in [7, 11) is -3.62. The second kappa shape index (κ2) is 9.59. The summed E-state index contributed by atoms with van der Waals surface area (Å²) >= 11 is 1.38. The van der Waals surface area contributed by atoms with Crippen LogP contribution in [0.25, 0.3) is 10.4 Å². The molecule has 2 heterocycles. The van der Waals surface area contributed by atoms with Crippen molar-refractivity contribution >= 4 is 32.4 Å². The van der Waals surface area contributed by atoms with Crippen molar-refractivity contribution in [1.82, 2.24) is 9.29 Å². The standard InChI is InChI=1S/C23H31N3O4S2/c1-15-7-8-19(13-20(15)32(29,30)26-11-9-17(14-27)10-12-26)21-16(2)24-23(31-21)25-22(28)18-5-3-4-6-18/h7-8,13,17-18,27H,3-6,9-12,14H2,1-2H3,(H,24,25,28). The lowest BCUT2D eigenvalue weighted by molar-refractivity contribution is -0.119. The Morgan fingerprint density at radius 2 is 1.88 bits per heavy atom. The van der Waals surface area contributed by atoms with Gasteiger partial charge in [-0.15, -0.1) is 0 Å². The first-order chi connectivity index (χ1) is 15.3. The van der Waals surface area contributed by atoms with Gasteiger partial charge in [0.15, 0.2) is 5.13 Å². The third-order valence-electron chi connectivity index (χ3n) is 6.65. The molecule has 1 saturated carbocycles. The van der Waals surface area contributed by atoms with Crippen LogP contribution in [0.5, 0.6) is 0 Å². The molecule has 4 rings (SSSR count). The molecule has 0 atom stereocenters. The zero-order valence-electron chi connectivity index (χ0n) is 18.6. The van der Waals surface area contributed by atoms with E-state index in [9.17, 15) is 18.3 Å². The summed E-state index contributed by atoms with van der Waals surface area (Å²) in [4.78, 5) is 18.2. The zero-order chi connectivity index (χ0) is 22.9. The summed E-state index contributed by atoms with van der Waals surface area (Å²) in [6.45, 7) is 4.64. The van der Waals surface area contributed by atoms with Gasteiger partial charge in [-0.3, -0.25) is 4.79 Å². The third-order valence-corrected chi connectivity index (χ3v) is 9.82. The molecule has 2 aliphatic rings. The fourth-order valence-electron chi connectivity index (χ4n) is 4.60. The van der Waals surface area contributed by atoms with Crippen LogP contribution in [-0.4, -0.2) is 48.4 Å². The number of hydrogen-bond donors (Lipinski definition) is 2. The smallest absolute Gasteiger partial charge is 0.243 e. The summed E-state index contributed by atoms with van der Waals surface area (Å²) in [5.74, 6) is 0.265. The van der Waals surface area contributed by atoms with Crippen molar-refractivity contribution < 1.29 is 18.3 Å². The first-order valence-electron chi connectivity index (χ1n) is 11.3. The first kappa shape index (κ1) is 23.4. The highest BCUT2D eigenvalue weighted by molar-refractivity contribution is 7.89. The fourth-order valence-corrected chi connectivity index (χ4v) is 7.29. The molecule has 1 aromatic heterocycles. The lowest BCUT2D eigenvalue weighted by Gasteiger charge is -2.30. The Labute approximate surface area is 193 Å². The molecule has 174 valence electrons. The molecule has 9 heteroatoms. The fraction of sp³-hybridized carbons (Fsp3) is 0.565. The number of sulfonamides is 1. The number of nitrogens with zero attached hydrogens (tertiary/aromatic N) is 2. The Morgan fingerprint density at radius 1 is 1.19 bits per heavy atom. The minimum Gasteiger partial charge on any atom is -0.396 e. The topological polar surface area (TPSA) is 99.6 Å². The molecule has 1 amide bonds. The molecule has 0 spiro atoms. The number of nitrogens with one attached hydrogen (secondary N) is 1. The van der Waals surface area contributed by atoms with E-state index < -0.39 is 10.0 Å². The number of thiazole rings is 1. The van der Waals surface area contributed by atoms with Gasteiger partial charge >= 0.3 is 0 Å². The number of carbonyl (C=O) groups is 1. The third kappa shape index (κ3) is 4.76. The normalized spacial score (nSPS) is 18.8. The maximum atomic E-state index is 13.4. The molecule has 2 aromatic rings. The maximum Gasteiger partial charge on any atom is 0.243 e. The van der Waals surface area contributed by atoms with Crippen LogP contribution in [0.4, 0.5) is 5.13 Å². The van der Waals surface area contributed by atoms with Crippen molar-refractivity contribution in [2.24, 2.45) is 11.8 Å². The lowest BCUT2D eigenvalue weighted by atomic mass is 10.00. The van der Waals surface area contributed by atoms with E-state index in [2.05, 4.69) is 10.3 Å². The van der Waals surface area contributed by atoms with Gasteiger partial charge < -0.3 is 10.4 Å². The summed E-state index contributed by atoms with van der Waals surface area (Å²) in [5.41, 5.74) is 2.26. The van der Waals surface area contributed by atoms with Gasteiger partial charge in [0.2, 0.25) is 15.9 Å². The number of carbonyl (C=O) groups excluding carboxylic acids is 1. The first-order valence-corrected chi connectivity index (χ1v) is 13.6. The van der Waals surface area contributed by atoms with Crippen molar-refractivity contribution in [2.45, 2.75) is 57.3 Å². The molecular weight excluding hydrogens is 446 g/mol. The molecule has 1 aromatic carbocycles. The number of amides is 1. The predicted octanol–water partition coefficient (Wildman–Crippen LogP) is 3.95. The second-order valence-electron chi connectivity index (χ2n) is 8.91. The van der Waals surface area contributed by atoms with Crippen molar-refractivity contribution in [3.05, 3.63) is 29.5 Å². The van der Waals surface area contributed by atoms with E-state index in [0.717, 1.165) is 41.8 Å². The van der Waals surface area contributed by atoms with Crippen molar-refractivity contribution in [3.63, 3.8) is 0 Å². The predicted molar refractivity (Wildman–Crippen MR) is 126 cm³/mol. The quantitative estimate of drug-likeness (QED) is 0.656. The molecule has 0 bridgehead atoms. The molecule has 2 N–H and O–H groups in total. The highest BCUT2D eigenvalue weighted by Gasteiger charge is 2.31. The van der Waals surface area contributed by atoms with Crippen LogP contribution in [0.15, 0.2) is 23.1 Å². The summed E-state index contributed by atoms with van der Waals surface area (Å²) < 4.78 is 28.3. The number of benzene rings is 1. The van der Waals surface area contributed by atoms with E-state index in [4.69, 9.17) is 0 Å². The minimum atomic E-state index is -3.62. The van der Waals surface area contributed by atoms with E-state index in [1.54, 1.807) is 6.07 Å². The molecule has 32 heavy (non-hydrogen) atoms. The monoisotopic (exact) mass is 477 g/mol. The Balaban J connectivity index is 1.57. The lowest BCUT2D eigenvalue weighted by Crippen LogP contribution is -2.39. The Bertz CT molecular complexity index is 1080. The van der Waals surface area contributed by atoms with Gasteiger partial charge in [0.1, 0.15) is 0 Å². The number of rotatable bonds is 6. The molecule has 1 saturated heterocycles. The van der Waals surface area contributed by atoms with Crippen molar-refractivity contribution in [1.29, 1.82) is 0 Å². The molecule has 0 radical (unpaired) electrons. The molecule has 0 unspecified atom stereocenters. The highest BCUT2D eigenvalue weighted by Crippen LogP contribution is 2.36.